The summed E-state index contributed by atoms with van der Waals surface area (Å²) in [7, 11) is 0. The number of hydrogen-bond acceptors (Lipinski definition) is 12. The third-order valence-electron chi connectivity index (χ3n) is 7.25. The van der Waals surface area contributed by atoms with Crippen LogP contribution in [0.5, 0.6) is 0 Å². The number of rotatable bonds is 19. The van der Waals surface area contributed by atoms with Gasteiger partial charge in [0.1, 0.15) is 11.7 Å². The molecule has 1 aliphatic heterocycles. The van der Waals surface area contributed by atoms with Gasteiger partial charge in [-0.25, -0.2) is 0 Å². The SMILES string of the molecule is CCCCC.CCCCC(C)(O)COCC.CCOC1OC(C)C(O)C(O)C1C.CCOCC(C)(CO)CO.CCOCC(C)(O)CO. The largest absolute Gasteiger partial charge is 0.396 e. The van der Waals surface area contributed by atoms with Gasteiger partial charge in [-0.2, -0.15) is 0 Å². The molecule has 1 rings (SSSR count). The van der Waals surface area contributed by atoms with Crippen molar-refractivity contribution in [3.63, 3.8) is 0 Å². The highest BCUT2D eigenvalue weighted by atomic mass is 16.7. The third-order valence-corrected chi connectivity index (χ3v) is 7.25. The fraction of sp³-hybridized carbons (Fsp3) is 1.00. The van der Waals surface area contributed by atoms with E-state index in [9.17, 15) is 15.3 Å². The van der Waals surface area contributed by atoms with Crippen LogP contribution in [0.3, 0.4) is 0 Å². The Morgan fingerprint density at radius 2 is 1.02 bits per heavy atom. The van der Waals surface area contributed by atoms with Gasteiger partial charge in [-0.3, -0.25) is 0 Å². The van der Waals surface area contributed by atoms with Crippen LogP contribution in [0.2, 0.25) is 0 Å². The zero-order chi connectivity index (χ0) is 38.2. The molecule has 0 aromatic heterocycles. The van der Waals surface area contributed by atoms with Gasteiger partial charge in [0.15, 0.2) is 6.29 Å². The van der Waals surface area contributed by atoms with Crippen LogP contribution in [0.4, 0.5) is 0 Å². The van der Waals surface area contributed by atoms with Crippen LogP contribution >= 0.6 is 0 Å². The topological polar surface area (TPSA) is 188 Å². The summed E-state index contributed by atoms with van der Waals surface area (Å²) in [6.45, 7) is 25.9. The average molecular weight is 705 g/mol. The molecule has 0 aliphatic carbocycles. The Kier molecular flexibility index (Phi) is 38.1. The van der Waals surface area contributed by atoms with Crippen molar-refractivity contribution < 1.29 is 59.4 Å². The summed E-state index contributed by atoms with van der Waals surface area (Å²) in [5.74, 6) is -0.189. The van der Waals surface area contributed by atoms with Crippen LogP contribution < -0.4 is 0 Å². The lowest BCUT2D eigenvalue weighted by atomic mass is 9.93. The quantitative estimate of drug-likeness (QED) is 0.102. The molecule has 12 heteroatoms. The Morgan fingerprint density at radius 3 is 1.38 bits per heavy atom. The lowest BCUT2D eigenvalue weighted by Gasteiger charge is -2.39. The zero-order valence-electron chi connectivity index (χ0n) is 32.9. The van der Waals surface area contributed by atoms with E-state index < -0.39 is 35.1 Å². The summed E-state index contributed by atoms with van der Waals surface area (Å²) in [5.41, 5.74) is -2.17. The predicted octanol–water partition coefficient (Wildman–Crippen LogP) is 4.07. The fourth-order valence-corrected chi connectivity index (χ4v) is 3.68. The molecular weight excluding hydrogens is 624 g/mol. The van der Waals surface area contributed by atoms with Gasteiger partial charge < -0.3 is 59.4 Å². The van der Waals surface area contributed by atoms with Crippen LogP contribution in [0.15, 0.2) is 0 Å². The number of hydrogen-bond donors (Lipinski definition) is 7. The second-order valence-electron chi connectivity index (χ2n) is 13.2. The van der Waals surface area contributed by atoms with E-state index in [4.69, 9.17) is 44.1 Å². The van der Waals surface area contributed by atoms with E-state index in [0.29, 0.717) is 39.6 Å². The van der Waals surface area contributed by atoms with Crippen molar-refractivity contribution in [3.8, 4) is 0 Å². The molecule has 0 radical (unpaired) electrons. The first kappa shape index (κ1) is 54.3. The smallest absolute Gasteiger partial charge is 0.163 e. The first-order valence-corrected chi connectivity index (χ1v) is 18.1. The van der Waals surface area contributed by atoms with Crippen molar-refractivity contribution in [2.24, 2.45) is 11.3 Å². The molecule has 12 nitrogen and oxygen atoms in total. The monoisotopic (exact) mass is 705 g/mol. The van der Waals surface area contributed by atoms with Crippen LogP contribution in [0, 0.1) is 11.3 Å². The van der Waals surface area contributed by atoms with Gasteiger partial charge in [0.2, 0.25) is 0 Å². The van der Waals surface area contributed by atoms with E-state index in [0.717, 1.165) is 19.3 Å². The number of unbranched alkanes of at least 4 members (excludes halogenated alkanes) is 3. The molecule has 0 bridgehead atoms. The van der Waals surface area contributed by atoms with Gasteiger partial charge in [0.25, 0.3) is 0 Å². The normalized spacial score (nSPS) is 22.9. The van der Waals surface area contributed by atoms with Crippen LogP contribution in [0.25, 0.3) is 0 Å². The molecule has 296 valence electrons. The minimum Gasteiger partial charge on any atom is -0.396 e. The summed E-state index contributed by atoms with van der Waals surface area (Å²) in [5, 5.41) is 63.8. The van der Waals surface area contributed by atoms with Gasteiger partial charge in [0.05, 0.1) is 57.5 Å². The van der Waals surface area contributed by atoms with Crippen molar-refractivity contribution in [1.82, 2.24) is 0 Å². The molecule has 7 unspecified atom stereocenters. The van der Waals surface area contributed by atoms with E-state index >= 15 is 0 Å². The molecule has 48 heavy (non-hydrogen) atoms. The van der Waals surface area contributed by atoms with Gasteiger partial charge in [-0.15, -0.1) is 0 Å². The number of ether oxygens (including phenoxy) is 5. The molecule has 1 heterocycles. The molecule has 7 N–H and O–H groups in total. The van der Waals surface area contributed by atoms with Crippen LogP contribution in [-0.2, 0) is 23.7 Å². The number of aliphatic hydroxyl groups excluding tert-OH is 5. The summed E-state index contributed by atoms with van der Waals surface area (Å²) in [4.78, 5) is 0. The van der Waals surface area contributed by atoms with Crippen LogP contribution in [0.1, 0.15) is 122 Å². The van der Waals surface area contributed by atoms with Crippen LogP contribution in [-0.4, -0.2) is 138 Å². The Morgan fingerprint density at radius 1 is 0.583 bits per heavy atom. The maximum atomic E-state index is 9.65. The lowest BCUT2D eigenvalue weighted by Crippen LogP contribution is -2.53. The van der Waals surface area contributed by atoms with Crippen molar-refractivity contribution in [2.45, 2.75) is 157 Å². The third kappa shape index (κ3) is 31.5. The number of aliphatic hydroxyl groups is 7. The standard InChI is InChI=1S/C9H18O4.C9H20O2.C7H16O3.C6H14O3.C5H12/c1-4-12-9-5(2)7(10)8(11)6(3)13-9;1-4-6-7-9(3,10)8-11-5-2;1-3-10-6-7(2,4-8)5-9;1-3-9-5-6(2,8)4-7;1-3-5-4-2/h5-11H,4H2,1-3H3;10H,4-8H2,1-3H3;8-9H,3-6H2,1-2H3;7-8H,3-5H2,1-2H3;3-5H2,1-2H3. The van der Waals surface area contributed by atoms with Gasteiger partial charge >= 0.3 is 0 Å². The highest BCUT2D eigenvalue weighted by molar-refractivity contribution is 4.84. The molecule has 1 aliphatic rings. The Balaban J connectivity index is -0.000000259. The average Bonchev–Trinajstić information content (AvgIpc) is 3.07. The second kappa shape index (κ2) is 33.7. The first-order valence-electron chi connectivity index (χ1n) is 18.1. The highest BCUT2D eigenvalue weighted by Gasteiger charge is 2.40. The lowest BCUT2D eigenvalue weighted by molar-refractivity contribution is -0.271. The maximum Gasteiger partial charge on any atom is 0.163 e. The van der Waals surface area contributed by atoms with Crippen molar-refractivity contribution >= 4 is 0 Å². The molecule has 0 saturated carbocycles. The van der Waals surface area contributed by atoms with E-state index in [-0.39, 0.29) is 38.4 Å². The summed E-state index contributed by atoms with van der Waals surface area (Å²) in [6, 6.07) is 0. The minimum atomic E-state index is -1.07. The van der Waals surface area contributed by atoms with E-state index in [1.165, 1.54) is 26.2 Å². The predicted molar refractivity (Wildman–Crippen MR) is 192 cm³/mol. The Bertz CT molecular complexity index is 634. The van der Waals surface area contributed by atoms with Crippen molar-refractivity contribution in [1.29, 1.82) is 0 Å². The fourth-order valence-electron chi connectivity index (χ4n) is 3.68. The molecule has 1 fully saturated rings. The molecule has 0 spiro atoms. The van der Waals surface area contributed by atoms with E-state index in [1.54, 1.807) is 20.8 Å². The maximum absolute atomic E-state index is 9.65. The van der Waals surface area contributed by atoms with Gasteiger partial charge in [-0.05, 0) is 54.9 Å². The zero-order valence-corrected chi connectivity index (χ0v) is 32.9. The van der Waals surface area contributed by atoms with Crippen molar-refractivity contribution in [2.75, 3.05) is 66.1 Å². The summed E-state index contributed by atoms with van der Waals surface area (Å²) in [6.07, 6.45) is 4.76. The molecular formula is C36H80O12. The van der Waals surface area contributed by atoms with Gasteiger partial charge in [-0.1, -0.05) is 66.7 Å². The minimum absolute atomic E-state index is 0.0382. The second-order valence-corrected chi connectivity index (χ2v) is 13.2. The Labute approximate surface area is 294 Å². The molecule has 0 amide bonds. The first-order chi connectivity index (χ1) is 22.4. The van der Waals surface area contributed by atoms with E-state index in [2.05, 4.69) is 20.8 Å². The molecule has 0 aromatic rings. The molecule has 1 saturated heterocycles. The summed E-state index contributed by atoms with van der Waals surface area (Å²) >= 11 is 0. The highest BCUT2D eigenvalue weighted by Crippen LogP contribution is 2.26. The van der Waals surface area contributed by atoms with E-state index in [1.807, 2.05) is 34.6 Å². The van der Waals surface area contributed by atoms with Crippen molar-refractivity contribution in [3.05, 3.63) is 0 Å². The molecule has 7 atom stereocenters. The molecule has 0 aromatic carbocycles. The summed E-state index contributed by atoms with van der Waals surface area (Å²) < 4.78 is 25.8. The Hall–Kier alpha value is -0.480. The van der Waals surface area contributed by atoms with Gasteiger partial charge in [0, 0.05) is 37.8 Å².